The summed E-state index contributed by atoms with van der Waals surface area (Å²) in [5.74, 6) is -1.04. The Hall–Kier alpha value is -2.76. The number of fused-ring (bicyclic) bond motifs is 1. The van der Waals surface area contributed by atoms with Crippen molar-refractivity contribution in [2.45, 2.75) is 38.8 Å². The number of hydrogen-bond acceptors (Lipinski definition) is 1. The highest BCUT2D eigenvalue weighted by Crippen LogP contribution is 2.36. The lowest BCUT2D eigenvalue weighted by Crippen LogP contribution is -2.10. The van der Waals surface area contributed by atoms with Gasteiger partial charge in [-0.15, -0.1) is 0 Å². The van der Waals surface area contributed by atoms with E-state index in [-0.39, 0.29) is 11.8 Å². The van der Waals surface area contributed by atoms with Crippen LogP contribution in [-0.4, -0.2) is 16.1 Å². The van der Waals surface area contributed by atoms with E-state index in [2.05, 4.69) is 4.98 Å². The molecule has 0 aliphatic carbocycles. The van der Waals surface area contributed by atoms with Gasteiger partial charge in [0.2, 0.25) is 0 Å². The minimum Gasteiger partial charge on any atom is -0.481 e. The van der Waals surface area contributed by atoms with Crippen LogP contribution < -0.4 is 0 Å². The Morgan fingerprint density at radius 1 is 1.04 bits per heavy atom. The van der Waals surface area contributed by atoms with E-state index in [1.165, 1.54) is 6.07 Å². The highest BCUT2D eigenvalue weighted by atomic mass is 19.4. The molecule has 0 aliphatic rings. The quantitative estimate of drug-likeness (QED) is 0.610. The number of aromatic nitrogens is 1. The third-order valence-electron chi connectivity index (χ3n) is 4.58. The van der Waals surface area contributed by atoms with Crippen molar-refractivity contribution < 1.29 is 23.1 Å². The summed E-state index contributed by atoms with van der Waals surface area (Å²) >= 11 is 0. The average molecular weight is 375 g/mol. The number of aliphatic carboxylic acids is 1. The van der Waals surface area contributed by atoms with Gasteiger partial charge in [-0.25, -0.2) is 0 Å². The molecule has 0 fully saturated rings. The van der Waals surface area contributed by atoms with Crippen LogP contribution in [0.5, 0.6) is 0 Å². The predicted octanol–water partition coefficient (Wildman–Crippen LogP) is 5.78. The fraction of sp³-hybridized carbons (Fsp3) is 0.286. The number of benzene rings is 2. The van der Waals surface area contributed by atoms with Gasteiger partial charge in [-0.3, -0.25) is 4.79 Å². The smallest absolute Gasteiger partial charge is 0.416 e. The lowest BCUT2D eigenvalue weighted by Gasteiger charge is -2.19. The summed E-state index contributed by atoms with van der Waals surface area (Å²) in [4.78, 5) is 14.5. The molecule has 0 bridgehead atoms. The number of aromatic amines is 1. The minimum atomic E-state index is -4.46. The van der Waals surface area contributed by atoms with Gasteiger partial charge in [-0.05, 0) is 46.4 Å². The number of nitrogens with one attached hydrogen (secondary N) is 1. The molecule has 0 aliphatic heterocycles. The Labute approximate surface area is 154 Å². The lowest BCUT2D eigenvalue weighted by atomic mass is 9.86. The van der Waals surface area contributed by atoms with Crippen molar-refractivity contribution in [2.24, 2.45) is 0 Å². The minimum absolute atomic E-state index is 0.137. The number of carboxylic acids is 1. The van der Waals surface area contributed by atoms with E-state index in [1.54, 1.807) is 6.07 Å². The fourth-order valence-electron chi connectivity index (χ4n) is 3.15. The molecule has 2 N–H and O–H groups in total. The maximum Gasteiger partial charge on any atom is 0.416 e. The number of alkyl halides is 3. The van der Waals surface area contributed by atoms with Crippen LogP contribution in [0.4, 0.5) is 13.2 Å². The van der Waals surface area contributed by atoms with E-state index in [1.807, 2.05) is 39.0 Å². The van der Waals surface area contributed by atoms with Crippen LogP contribution in [0.15, 0.2) is 42.5 Å². The Balaban J connectivity index is 2.25. The van der Waals surface area contributed by atoms with E-state index in [0.717, 1.165) is 23.1 Å². The summed E-state index contributed by atoms with van der Waals surface area (Å²) in [5.41, 5.74) is 2.03. The Kier molecular flexibility index (Phi) is 4.54. The van der Waals surface area contributed by atoms with Crippen LogP contribution in [0, 0.1) is 0 Å². The van der Waals surface area contributed by atoms with Crippen LogP contribution in [0.3, 0.4) is 0 Å². The maximum atomic E-state index is 13.1. The largest absolute Gasteiger partial charge is 0.481 e. The molecule has 3 rings (SSSR count). The van der Waals surface area contributed by atoms with Gasteiger partial charge < -0.3 is 10.1 Å². The predicted molar refractivity (Wildman–Crippen MR) is 98.8 cm³/mol. The number of rotatable bonds is 3. The lowest BCUT2D eigenvalue weighted by molar-refractivity contribution is -0.138. The molecule has 3 aromatic rings. The van der Waals surface area contributed by atoms with Crippen molar-refractivity contribution >= 4 is 16.9 Å². The zero-order chi connectivity index (χ0) is 20.0. The average Bonchev–Trinajstić information content (AvgIpc) is 2.91. The Morgan fingerprint density at radius 2 is 1.74 bits per heavy atom. The van der Waals surface area contributed by atoms with Gasteiger partial charge in [-0.1, -0.05) is 39.0 Å². The molecule has 0 atom stereocenters. The summed E-state index contributed by atoms with van der Waals surface area (Å²) in [6.45, 7) is 6.14. The van der Waals surface area contributed by atoms with Gasteiger partial charge in [0.1, 0.15) is 0 Å². The number of halogens is 3. The molecule has 0 spiro atoms. The molecule has 27 heavy (non-hydrogen) atoms. The monoisotopic (exact) mass is 375 g/mol. The van der Waals surface area contributed by atoms with Gasteiger partial charge in [0, 0.05) is 10.9 Å². The normalized spacial score (nSPS) is 12.5. The van der Waals surface area contributed by atoms with Crippen LogP contribution in [0.1, 0.15) is 37.5 Å². The zero-order valence-corrected chi connectivity index (χ0v) is 15.2. The van der Waals surface area contributed by atoms with Crippen LogP contribution in [-0.2, 0) is 22.8 Å². The van der Waals surface area contributed by atoms with Crippen molar-refractivity contribution in [1.82, 2.24) is 4.98 Å². The molecule has 6 heteroatoms. The van der Waals surface area contributed by atoms with E-state index in [9.17, 15) is 23.1 Å². The Morgan fingerprint density at radius 3 is 2.33 bits per heavy atom. The zero-order valence-electron chi connectivity index (χ0n) is 15.2. The summed E-state index contributed by atoms with van der Waals surface area (Å²) in [7, 11) is 0. The molecular formula is C21H20F3NO2. The summed E-state index contributed by atoms with van der Waals surface area (Å²) in [6, 6.07) is 10.6. The van der Waals surface area contributed by atoms with Crippen LogP contribution in [0.2, 0.25) is 0 Å². The molecule has 2 aromatic carbocycles. The van der Waals surface area contributed by atoms with Crippen LogP contribution in [0.25, 0.3) is 22.2 Å². The van der Waals surface area contributed by atoms with Crippen molar-refractivity contribution in [3.8, 4) is 11.3 Å². The molecule has 0 saturated heterocycles. The van der Waals surface area contributed by atoms with E-state index >= 15 is 0 Å². The highest BCUT2D eigenvalue weighted by Gasteiger charge is 2.31. The van der Waals surface area contributed by atoms with E-state index in [4.69, 9.17) is 0 Å². The molecule has 0 radical (unpaired) electrons. The van der Waals surface area contributed by atoms with Gasteiger partial charge in [0.25, 0.3) is 0 Å². The van der Waals surface area contributed by atoms with E-state index < -0.39 is 17.7 Å². The first-order valence-electron chi connectivity index (χ1n) is 8.51. The first-order chi connectivity index (χ1) is 12.5. The summed E-state index contributed by atoms with van der Waals surface area (Å²) in [6.07, 6.45) is -4.74. The molecule has 1 heterocycles. The van der Waals surface area contributed by atoms with E-state index in [0.29, 0.717) is 22.3 Å². The molecule has 3 nitrogen and oxygen atoms in total. The number of carbonyl (C=O) groups is 1. The third-order valence-corrected chi connectivity index (χ3v) is 4.58. The highest BCUT2D eigenvalue weighted by molar-refractivity contribution is 5.94. The third kappa shape index (κ3) is 3.84. The maximum absolute atomic E-state index is 13.1. The van der Waals surface area contributed by atoms with Gasteiger partial charge in [-0.2, -0.15) is 13.2 Å². The van der Waals surface area contributed by atoms with Crippen LogP contribution >= 0.6 is 0 Å². The van der Waals surface area contributed by atoms with Crippen molar-refractivity contribution in [3.63, 3.8) is 0 Å². The molecule has 142 valence electrons. The second-order valence-corrected chi connectivity index (χ2v) is 7.64. The molecule has 0 saturated carbocycles. The van der Waals surface area contributed by atoms with Crippen molar-refractivity contribution in [2.75, 3.05) is 0 Å². The number of H-pyrrole nitrogens is 1. The molecule has 1 aromatic heterocycles. The molecular weight excluding hydrogens is 355 g/mol. The standard InChI is InChI=1S/C21H20F3NO2/c1-20(2,3)13-7-8-17-15(10-13)16(11-18(26)27)19(25-17)12-5-4-6-14(9-12)21(22,23)24/h4-10,25H,11H2,1-3H3,(H,26,27). The Bertz CT molecular complexity index is 1010. The molecule has 0 amide bonds. The first-order valence-corrected chi connectivity index (χ1v) is 8.51. The van der Waals surface area contributed by atoms with Crippen molar-refractivity contribution in [3.05, 3.63) is 59.2 Å². The molecule has 0 unspecified atom stereocenters. The van der Waals surface area contributed by atoms with Crippen molar-refractivity contribution in [1.29, 1.82) is 0 Å². The number of hydrogen-bond donors (Lipinski definition) is 2. The topological polar surface area (TPSA) is 53.1 Å². The van der Waals surface area contributed by atoms with Gasteiger partial charge in [0.05, 0.1) is 17.7 Å². The second kappa shape index (κ2) is 6.44. The SMILES string of the molecule is CC(C)(C)c1ccc2[nH]c(-c3cccc(C(F)(F)F)c3)c(CC(=O)O)c2c1. The fourth-order valence-corrected chi connectivity index (χ4v) is 3.15. The van der Waals surface area contributed by atoms with Gasteiger partial charge >= 0.3 is 12.1 Å². The summed E-state index contributed by atoms with van der Waals surface area (Å²) in [5, 5.41) is 10.1. The van der Waals surface area contributed by atoms with Gasteiger partial charge in [0.15, 0.2) is 0 Å². The first kappa shape index (κ1) is 19.0. The summed E-state index contributed by atoms with van der Waals surface area (Å²) < 4.78 is 39.2. The second-order valence-electron chi connectivity index (χ2n) is 7.64. The number of carboxylic acid groups (broad SMARTS) is 1.